The first-order valence-electron chi connectivity index (χ1n) is 7.06. The lowest BCUT2D eigenvalue weighted by molar-refractivity contribution is -0.154. The number of carbonyl (C=O) groups is 3. The van der Waals surface area contributed by atoms with Gasteiger partial charge in [0.05, 0.1) is 11.0 Å². The molecular weight excluding hydrogens is 331 g/mol. The molecule has 0 atom stereocenters. The van der Waals surface area contributed by atoms with Crippen LogP contribution < -0.4 is 5.32 Å². The van der Waals surface area contributed by atoms with Crippen LogP contribution in [0.3, 0.4) is 0 Å². The molecule has 2 rings (SSSR count). The first kappa shape index (κ1) is 17.9. The lowest BCUT2D eigenvalue weighted by atomic mass is 9.80. The molecule has 2 N–H and O–H groups in total. The summed E-state index contributed by atoms with van der Waals surface area (Å²) in [5.74, 6) is -8.99. The Kier molecular flexibility index (Phi) is 5.23. The Bertz CT molecular complexity index is 686. The first-order chi connectivity index (χ1) is 11.3. The summed E-state index contributed by atoms with van der Waals surface area (Å²) in [5, 5.41) is 11.5. The van der Waals surface area contributed by atoms with Gasteiger partial charge in [-0.05, 0) is 25.0 Å². The molecule has 1 aromatic carbocycles. The highest BCUT2D eigenvalue weighted by molar-refractivity contribution is 6.42. The second kappa shape index (κ2) is 7.00. The highest BCUT2D eigenvalue weighted by Crippen LogP contribution is 2.30. The van der Waals surface area contributed by atoms with Crippen molar-refractivity contribution in [2.24, 2.45) is 5.41 Å². The van der Waals surface area contributed by atoms with Crippen molar-refractivity contribution < 1.29 is 37.4 Å². The topological polar surface area (TPSA) is 92.7 Å². The largest absolute Gasteiger partial charge is 0.481 e. The van der Waals surface area contributed by atoms with E-state index >= 15 is 0 Å². The Labute approximate surface area is 134 Å². The molecule has 1 aliphatic rings. The summed E-state index contributed by atoms with van der Waals surface area (Å²) in [6.07, 6.45) is 0.271. The maximum Gasteiger partial charge on any atom is 0.311 e. The molecule has 130 valence electrons. The van der Waals surface area contributed by atoms with Gasteiger partial charge in [-0.25, -0.2) is 13.2 Å². The lowest BCUT2D eigenvalue weighted by Crippen LogP contribution is -2.48. The van der Waals surface area contributed by atoms with Gasteiger partial charge in [-0.15, -0.1) is 0 Å². The van der Waals surface area contributed by atoms with Crippen LogP contribution in [0.5, 0.6) is 0 Å². The van der Waals surface area contributed by atoms with Gasteiger partial charge in [0.15, 0.2) is 17.5 Å². The second-order valence-electron chi connectivity index (χ2n) is 5.43. The fourth-order valence-electron chi connectivity index (χ4n) is 2.38. The number of carboxylic acids is 1. The van der Waals surface area contributed by atoms with Gasteiger partial charge in [-0.1, -0.05) is 0 Å². The molecule has 0 radical (unpaired) electrons. The predicted octanol–water partition coefficient (Wildman–Crippen LogP) is 1.28. The summed E-state index contributed by atoms with van der Waals surface area (Å²) >= 11 is 0. The van der Waals surface area contributed by atoms with Crippen molar-refractivity contribution in [2.45, 2.75) is 12.8 Å². The van der Waals surface area contributed by atoms with Gasteiger partial charge in [0.2, 0.25) is 0 Å². The van der Waals surface area contributed by atoms with Crippen LogP contribution in [0.2, 0.25) is 0 Å². The van der Waals surface area contributed by atoms with E-state index < -0.39 is 46.1 Å². The summed E-state index contributed by atoms with van der Waals surface area (Å²) in [6, 6.07) is 1.17. The Morgan fingerprint density at radius 3 is 2.33 bits per heavy atom. The van der Waals surface area contributed by atoms with Crippen LogP contribution >= 0.6 is 0 Å². The number of hydrogen-bond donors (Lipinski definition) is 2. The van der Waals surface area contributed by atoms with Crippen molar-refractivity contribution in [3.8, 4) is 0 Å². The fourth-order valence-corrected chi connectivity index (χ4v) is 2.38. The van der Waals surface area contributed by atoms with Crippen LogP contribution in [0, 0.1) is 22.9 Å². The van der Waals surface area contributed by atoms with Crippen molar-refractivity contribution in [3.05, 3.63) is 35.1 Å². The van der Waals surface area contributed by atoms with Gasteiger partial charge in [0.1, 0.15) is 0 Å². The van der Waals surface area contributed by atoms with E-state index in [2.05, 4.69) is 5.32 Å². The smallest absolute Gasteiger partial charge is 0.311 e. The number of benzene rings is 1. The summed E-state index contributed by atoms with van der Waals surface area (Å²) in [5.41, 5.74) is -2.22. The summed E-state index contributed by atoms with van der Waals surface area (Å²) in [7, 11) is 0. The SMILES string of the molecule is O=C(NCC1(C(=O)O)CCOCC1)C(=O)c1ccc(F)c(F)c1F. The number of rotatable bonds is 5. The number of halogens is 3. The van der Waals surface area contributed by atoms with E-state index in [0.29, 0.717) is 12.1 Å². The number of aliphatic carboxylic acids is 1. The zero-order valence-electron chi connectivity index (χ0n) is 12.4. The van der Waals surface area contributed by atoms with E-state index in [0.717, 1.165) is 0 Å². The van der Waals surface area contributed by atoms with E-state index in [1.807, 2.05) is 0 Å². The molecule has 24 heavy (non-hydrogen) atoms. The number of ether oxygens (including phenoxy) is 1. The molecule has 0 spiro atoms. The zero-order chi connectivity index (χ0) is 17.9. The number of amides is 1. The molecule has 6 nitrogen and oxygen atoms in total. The molecule has 0 unspecified atom stereocenters. The number of nitrogens with one attached hydrogen (secondary N) is 1. The Hall–Kier alpha value is -2.42. The van der Waals surface area contributed by atoms with Crippen molar-refractivity contribution >= 4 is 17.7 Å². The predicted molar refractivity (Wildman–Crippen MR) is 73.8 cm³/mol. The molecule has 0 bridgehead atoms. The number of hydrogen-bond acceptors (Lipinski definition) is 4. The third-order valence-electron chi connectivity index (χ3n) is 3.98. The van der Waals surface area contributed by atoms with Crippen LogP contribution in [-0.4, -0.2) is 42.5 Å². The zero-order valence-corrected chi connectivity index (χ0v) is 12.4. The second-order valence-corrected chi connectivity index (χ2v) is 5.43. The minimum atomic E-state index is -1.86. The van der Waals surface area contributed by atoms with Crippen molar-refractivity contribution in [1.82, 2.24) is 5.32 Å². The number of carboxylic acid groups (broad SMARTS) is 1. The molecule has 1 aromatic rings. The van der Waals surface area contributed by atoms with Crippen molar-refractivity contribution in [3.63, 3.8) is 0 Å². The van der Waals surface area contributed by atoms with E-state index in [4.69, 9.17) is 4.74 Å². The highest BCUT2D eigenvalue weighted by atomic mass is 19.2. The maximum atomic E-state index is 13.5. The average molecular weight is 345 g/mol. The summed E-state index contributed by atoms with van der Waals surface area (Å²) < 4.78 is 44.6. The van der Waals surface area contributed by atoms with Crippen LogP contribution in [0.1, 0.15) is 23.2 Å². The average Bonchev–Trinajstić information content (AvgIpc) is 2.58. The maximum absolute atomic E-state index is 13.5. The van der Waals surface area contributed by atoms with E-state index in [9.17, 15) is 32.7 Å². The molecule has 1 amide bonds. The van der Waals surface area contributed by atoms with Crippen LogP contribution in [0.15, 0.2) is 12.1 Å². The van der Waals surface area contributed by atoms with Crippen LogP contribution in [0.4, 0.5) is 13.2 Å². The monoisotopic (exact) mass is 345 g/mol. The normalized spacial score (nSPS) is 16.5. The Morgan fingerprint density at radius 1 is 1.12 bits per heavy atom. The van der Waals surface area contributed by atoms with Crippen LogP contribution in [-0.2, 0) is 14.3 Å². The highest BCUT2D eigenvalue weighted by Gasteiger charge is 2.41. The molecule has 1 saturated heterocycles. The Morgan fingerprint density at radius 2 is 1.75 bits per heavy atom. The van der Waals surface area contributed by atoms with Gasteiger partial charge in [0.25, 0.3) is 11.7 Å². The van der Waals surface area contributed by atoms with Gasteiger partial charge in [-0.2, -0.15) is 0 Å². The molecule has 0 aliphatic carbocycles. The number of carbonyl (C=O) groups excluding carboxylic acids is 2. The Balaban J connectivity index is 2.11. The summed E-state index contributed by atoms with van der Waals surface area (Å²) in [4.78, 5) is 35.1. The summed E-state index contributed by atoms with van der Waals surface area (Å²) in [6.45, 7) is 0.0173. The van der Waals surface area contributed by atoms with Gasteiger partial charge in [-0.3, -0.25) is 14.4 Å². The third-order valence-corrected chi connectivity index (χ3v) is 3.98. The van der Waals surface area contributed by atoms with Crippen molar-refractivity contribution in [1.29, 1.82) is 0 Å². The number of ketones is 1. The first-order valence-corrected chi connectivity index (χ1v) is 7.06. The molecule has 1 heterocycles. The van der Waals surface area contributed by atoms with Crippen molar-refractivity contribution in [2.75, 3.05) is 19.8 Å². The fraction of sp³-hybridized carbons (Fsp3) is 0.400. The molecule has 0 aromatic heterocycles. The van der Waals surface area contributed by atoms with E-state index in [1.165, 1.54) is 0 Å². The molecule has 1 fully saturated rings. The van der Waals surface area contributed by atoms with E-state index in [-0.39, 0.29) is 32.6 Å². The van der Waals surface area contributed by atoms with E-state index in [1.54, 1.807) is 0 Å². The standard InChI is InChI=1S/C15H14F3NO5/c16-9-2-1-8(10(17)11(9)18)12(20)13(21)19-7-15(14(22)23)3-5-24-6-4-15/h1-2H,3-7H2,(H,19,21)(H,22,23). The quantitative estimate of drug-likeness (QED) is 0.476. The van der Waals surface area contributed by atoms with Gasteiger partial charge in [0, 0.05) is 19.8 Å². The minimum absolute atomic E-state index is 0.135. The molecule has 1 aliphatic heterocycles. The van der Waals surface area contributed by atoms with Crippen LogP contribution in [0.25, 0.3) is 0 Å². The molecule has 9 heteroatoms. The third kappa shape index (κ3) is 3.40. The number of Topliss-reactive ketones (excluding diaryl/α,β-unsaturated/α-hetero) is 1. The van der Waals surface area contributed by atoms with Gasteiger partial charge < -0.3 is 15.2 Å². The molecular formula is C15H14F3NO5. The molecule has 0 saturated carbocycles. The minimum Gasteiger partial charge on any atom is -0.481 e. The van der Waals surface area contributed by atoms with Gasteiger partial charge >= 0.3 is 5.97 Å². The lowest BCUT2D eigenvalue weighted by Gasteiger charge is -2.32.